The van der Waals surface area contributed by atoms with Gasteiger partial charge in [-0.2, -0.15) is 17.4 Å². The van der Waals surface area contributed by atoms with E-state index in [-0.39, 0.29) is 16.7 Å². The van der Waals surface area contributed by atoms with Gasteiger partial charge in [0.05, 0.1) is 13.2 Å². The van der Waals surface area contributed by atoms with Crippen LogP contribution in [-0.4, -0.2) is 50.4 Å². The Morgan fingerprint density at radius 1 is 1.05 bits per heavy atom. The van der Waals surface area contributed by atoms with Crippen molar-refractivity contribution in [2.24, 2.45) is 5.41 Å². The first kappa shape index (κ1) is 15.7. The third-order valence-corrected chi connectivity index (χ3v) is 6.66. The number of ether oxygens (including phenoxy) is 2. The molecule has 6 nitrogen and oxygen atoms in total. The van der Waals surface area contributed by atoms with E-state index in [1.54, 1.807) is 4.31 Å². The van der Waals surface area contributed by atoms with Gasteiger partial charge >= 0.3 is 0 Å². The fraction of sp³-hybridized carbons (Fsp3) is 1.00. The second-order valence-corrected chi connectivity index (χ2v) is 9.35. The molecule has 0 aromatic rings. The molecule has 122 valence electrons. The summed E-state index contributed by atoms with van der Waals surface area (Å²) in [5.74, 6) is -0.388. The third kappa shape index (κ3) is 3.12. The standard InChI is InChI=1S/C14H26N2O4S/c1-12(2)10-16(21(17,18)15-12)11-13(3)4-6-14(7-5-13)19-8-9-20-14/h15H,4-11H2,1-3H3. The second kappa shape index (κ2) is 4.89. The van der Waals surface area contributed by atoms with Gasteiger partial charge in [-0.3, -0.25) is 0 Å². The van der Waals surface area contributed by atoms with Crippen LogP contribution in [0.4, 0.5) is 0 Å². The van der Waals surface area contributed by atoms with Gasteiger partial charge < -0.3 is 9.47 Å². The van der Waals surface area contributed by atoms with Gasteiger partial charge in [0.1, 0.15) is 0 Å². The molecule has 3 aliphatic rings. The van der Waals surface area contributed by atoms with Crippen molar-refractivity contribution in [1.82, 2.24) is 9.03 Å². The van der Waals surface area contributed by atoms with Gasteiger partial charge in [0, 0.05) is 31.5 Å². The summed E-state index contributed by atoms with van der Waals surface area (Å²) in [7, 11) is -3.34. The Bertz CT molecular complexity index is 501. The maximum Gasteiger partial charge on any atom is 0.280 e. The maximum absolute atomic E-state index is 12.2. The average Bonchev–Trinajstić information content (AvgIpc) is 2.87. The number of hydrogen-bond donors (Lipinski definition) is 1. The molecule has 0 amide bonds. The quantitative estimate of drug-likeness (QED) is 0.832. The zero-order chi connectivity index (χ0) is 15.4. The highest BCUT2D eigenvalue weighted by Gasteiger charge is 2.48. The van der Waals surface area contributed by atoms with Gasteiger partial charge in [-0.05, 0) is 32.1 Å². The molecule has 3 rings (SSSR count). The number of nitrogens with zero attached hydrogens (tertiary/aromatic N) is 1. The summed E-state index contributed by atoms with van der Waals surface area (Å²) >= 11 is 0. The van der Waals surface area contributed by atoms with Crippen LogP contribution in [-0.2, 0) is 19.7 Å². The molecular formula is C14H26N2O4S. The van der Waals surface area contributed by atoms with Crippen molar-refractivity contribution in [3.05, 3.63) is 0 Å². The molecule has 0 aromatic carbocycles. The summed E-state index contributed by atoms with van der Waals surface area (Å²) in [5.41, 5.74) is -0.390. The highest BCUT2D eigenvalue weighted by Crippen LogP contribution is 2.45. The third-order valence-electron chi connectivity index (χ3n) is 4.91. The van der Waals surface area contributed by atoms with E-state index < -0.39 is 10.2 Å². The van der Waals surface area contributed by atoms with Crippen molar-refractivity contribution in [3.8, 4) is 0 Å². The van der Waals surface area contributed by atoms with Crippen LogP contribution in [0.15, 0.2) is 0 Å². The van der Waals surface area contributed by atoms with Crippen LogP contribution < -0.4 is 4.72 Å². The molecule has 0 aromatic heterocycles. The summed E-state index contributed by atoms with van der Waals surface area (Å²) < 4.78 is 40.2. The normalized spacial score (nSPS) is 33.5. The molecule has 0 bridgehead atoms. The minimum atomic E-state index is -3.34. The van der Waals surface area contributed by atoms with E-state index in [9.17, 15) is 8.42 Å². The average molecular weight is 318 g/mol. The van der Waals surface area contributed by atoms with Crippen LogP contribution in [0.1, 0.15) is 46.5 Å². The van der Waals surface area contributed by atoms with E-state index >= 15 is 0 Å². The molecule has 1 spiro atoms. The zero-order valence-corrected chi connectivity index (χ0v) is 14.0. The van der Waals surface area contributed by atoms with Gasteiger partial charge in [0.2, 0.25) is 0 Å². The van der Waals surface area contributed by atoms with Crippen LogP contribution in [0, 0.1) is 5.41 Å². The Labute approximate surface area is 127 Å². The Balaban J connectivity index is 1.65. The molecule has 1 aliphatic carbocycles. The summed E-state index contributed by atoms with van der Waals surface area (Å²) in [4.78, 5) is 0. The fourth-order valence-corrected chi connectivity index (χ4v) is 5.58. The van der Waals surface area contributed by atoms with Crippen LogP contribution in [0.3, 0.4) is 0 Å². The lowest BCUT2D eigenvalue weighted by atomic mass is 9.73. The molecule has 1 N–H and O–H groups in total. The summed E-state index contributed by atoms with van der Waals surface area (Å²) in [6, 6.07) is 0. The van der Waals surface area contributed by atoms with Crippen molar-refractivity contribution in [2.75, 3.05) is 26.3 Å². The van der Waals surface area contributed by atoms with Gasteiger partial charge in [0.25, 0.3) is 10.2 Å². The van der Waals surface area contributed by atoms with Crippen LogP contribution in [0.25, 0.3) is 0 Å². The van der Waals surface area contributed by atoms with Gasteiger partial charge in [-0.1, -0.05) is 6.92 Å². The molecule has 7 heteroatoms. The first-order valence-electron chi connectivity index (χ1n) is 7.71. The van der Waals surface area contributed by atoms with Crippen molar-refractivity contribution >= 4 is 10.2 Å². The molecule has 2 saturated heterocycles. The van der Waals surface area contributed by atoms with Crippen molar-refractivity contribution < 1.29 is 17.9 Å². The molecule has 0 unspecified atom stereocenters. The number of rotatable bonds is 2. The van der Waals surface area contributed by atoms with E-state index in [2.05, 4.69) is 11.6 Å². The lowest BCUT2D eigenvalue weighted by Crippen LogP contribution is -2.45. The van der Waals surface area contributed by atoms with Gasteiger partial charge in [-0.25, -0.2) is 0 Å². The predicted molar refractivity (Wildman–Crippen MR) is 78.9 cm³/mol. The topological polar surface area (TPSA) is 67.9 Å². The monoisotopic (exact) mass is 318 g/mol. The summed E-state index contributed by atoms with van der Waals surface area (Å²) in [6.45, 7) is 8.47. The van der Waals surface area contributed by atoms with Crippen molar-refractivity contribution in [1.29, 1.82) is 0 Å². The summed E-state index contributed by atoms with van der Waals surface area (Å²) in [5, 5.41) is 0. The molecule has 0 radical (unpaired) electrons. The predicted octanol–water partition coefficient (Wildman–Crippen LogP) is 1.24. The van der Waals surface area contributed by atoms with Crippen molar-refractivity contribution in [2.45, 2.75) is 57.8 Å². The Hall–Kier alpha value is -0.210. The van der Waals surface area contributed by atoms with Crippen LogP contribution in [0.2, 0.25) is 0 Å². The minimum absolute atomic E-state index is 0.00424. The Morgan fingerprint density at radius 2 is 1.62 bits per heavy atom. The molecule has 0 atom stereocenters. The molecule has 2 heterocycles. The lowest BCUT2D eigenvalue weighted by molar-refractivity contribution is -0.190. The van der Waals surface area contributed by atoms with E-state index in [4.69, 9.17) is 9.47 Å². The fourth-order valence-electron chi connectivity index (χ4n) is 3.72. The number of hydrogen-bond acceptors (Lipinski definition) is 4. The van der Waals surface area contributed by atoms with Crippen LogP contribution in [0.5, 0.6) is 0 Å². The smallest absolute Gasteiger partial charge is 0.280 e. The highest BCUT2D eigenvalue weighted by atomic mass is 32.2. The Morgan fingerprint density at radius 3 is 2.10 bits per heavy atom. The summed E-state index contributed by atoms with van der Waals surface area (Å²) in [6.07, 6.45) is 3.57. The minimum Gasteiger partial charge on any atom is -0.348 e. The lowest BCUT2D eigenvalue weighted by Gasteiger charge is -2.42. The van der Waals surface area contributed by atoms with Crippen molar-refractivity contribution in [3.63, 3.8) is 0 Å². The van der Waals surface area contributed by atoms with Gasteiger partial charge in [0.15, 0.2) is 5.79 Å². The van der Waals surface area contributed by atoms with E-state index in [0.29, 0.717) is 26.3 Å². The maximum atomic E-state index is 12.2. The zero-order valence-electron chi connectivity index (χ0n) is 13.1. The molecule has 3 fully saturated rings. The van der Waals surface area contributed by atoms with Gasteiger partial charge in [-0.15, -0.1) is 0 Å². The second-order valence-electron chi connectivity index (χ2n) is 7.68. The largest absolute Gasteiger partial charge is 0.348 e. The van der Waals surface area contributed by atoms with E-state index in [1.807, 2.05) is 13.8 Å². The molecule has 21 heavy (non-hydrogen) atoms. The van der Waals surface area contributed by atoms with Crippen LogP contribution >= 0.6 is 0 Å². The SMILES string of the molecule is CC1(CN2CC(C)(C)NS2(=O)=O)CCC2(CC1)OCCO2. The highest BCUT2D eigenvalue weighted by molar-refractivity contribution is 7.87. The Kier molecular flexibility index (Phi) is 3.65. The molecule has 1 saturated carbocycles. The molecule has 2 aliphatic heterocycles. The van der Waals surface area contributed by atoms with E-state index in [0.717, 1.165) is 25.7 Å². The molecular weight excluding hydrogens is 292 g/mol. The number of nitrogens with one attached hydrogen (secondary N) is 1. The first-order valence-corrected chi connectivity index (χ1v) is 9.15. The van der Waals surface area contributed by atoms with E-state index in [1.165, 1.54) is 0 Å². The first-order chi connectivity index (χ1) is 9.64.